The number of hydrogen-bond acceptors (Lipinski definition) is 6. The lowest BCUT2D eigenvalue weighted by molar-refractivity contribution is -0.144. The highest BCUT2D eigenvalue weighted by molar-refractivity contribution is 6.01. The number of methoxy groups -OCH3 is 2. The summed E-state index contributed by atoms with van der Waals surface area (Å²) in [5, 5.41) is 3.54. The normalized spacial score (nSPS) is 11.5. The average Bonchev–Trinajstić information content (AvgIpc) is 3.33. The number of Topliss-reactive ketones (excluding diaryl/α,β-unsaturated/α-hetero) is 1. The third-order valence-corrected chi connectivity index (χ3v) is 5.85. The molecular formula is C28H25FN2O6. The average molecular weight is 505 g/mol. The minimum Gasteiger partial charge on any atom is -0.497 e. The minimum absolute atomic E-state index is 0.107. The molecule has 2 N–H and O–H groups in total. The van der Waals surface area contributed by atoms with E-state index in [1.807, 2.05) is 24.3 Å². The van der Waals surface area contributed by atoms with Crippen LogP contribution >= 0.6 is 0 Å². The molecule has 0 aliphatic rings. The zero-order chi connectivity index (χ0) is 26.4. The monoisotopic (exact) mass is 504 g/mol. The molecule has 1 atom stereocenters. The van der Waals surface area contributed by atoms with E-state index in [0.717, 1.165) is 28.6 Å². The van der Waals surface area contributed by atoms with Crippen molar-refractivity contribution < 1.29 is 33.0 Å². The Morgan fingerprint density at radius 3 is 2.46 bits per heavy atom. The number of aromatic nitrogens is 1. The van der Waals surface area contributed by atoms with Gasteiger partial charge in [0.15, 0.2) is 6.61 Å². The Morgan fingerprint density at radius 1 is 0.973 bits per heavy atom. The van der Waals surface area contributed by atoms with Gasteiger partial charge in [0, 0.05) is 35.2 Å². The van der Waals surface area contributed by atoms with Gasteiger partial charge in [-0.3, -0.25) is 9.59 Å². The van der Waals surface area contributed by atoms with Gasteiger partial charge in [0.25, 0.3) is 5.91 Å². The molecule has 0 radical (unpaired) electrons. The Kier molecular flexibility index (Phi) is 7.83. The fourth-order valence-corrected chi connectivity index (χ4v) is 3.90. The molecule has 3 aromatic carbocycles. The third kappa shape index (κ3) is 5.95. The third-order valence-electron chi connectivity index (χ3n) is 5.85. The van der Waals surface area contributed by atoms with Crippen LogP contribution in [-0.2, 0) is 16.0 Å². The van der Waals surface area contributed by atoms with E-state index >= 15 is 0 Å². The summed E-state index contributed by atoms with van der Waals surface area (Å²) in [6.07, 6.45) is 1.86. The second kappa shape index (κ2) is 11.4. The second-order valence-electron chi connectivity index (χ2n) is 8.19. The van der Waals surface area contributed by atoms with Crippen molar-refractivity contribution in [2.24, 2.45) is 0 Å². The van der Waals surface area contributed by atoms with E-state index in [4.69, 9.17) is 14.2 Å². The number of aromatic amines is 1. The van der Waals surface area contributed by atoms with Crippen LogP contribution in [0.15, 0.2) is 72.9 Å². The van der Waals surface area contributed by atoms with Crippen LogP contribution in [0.1, 0.15) is 26.3 Å². The van der Waals surface area contributed by atoms with Crippen molar-refractivity contribution in [1.29, 1.82) is 0 Å². The number of esters is 1. The maximum Gasteiger partial charge on any atom is 0.329 e. The first-order valence-corrected chi connectivity index (χ1v) is 11.4. The molecule has 0 fully saturated rings. The van der Waals surface area contributed by atoms with Crippen molar-refractivity contribution in [2.45, 2.75) is 12.5 Å². The molecule has 0 bridgehead atoms. The zero-order valence-corrected chi connectivity index (χ0v) is 20.2. The van der Waals surface area contributed by atoms with Gasteiger partial charge < -0.3 is 24.5 Å². The Hall–Kier alpha value is -4.66. The molecule has 9 heteroatoms. The fourth-order valence-electron chi connectivity index (χ4n) is 3.90. The molecule has 1 amide bonds. The first-order valence-electron chi connectivity index (χ1n) is 11.4. The van der Waals surface area contributed by atoms with E-state index in [9.17, 15) is 18.8 Å². The number of amides is 1. The molecule has 4 aromatic rings. The van der Waals surface area contributed by atoms with Gasteiger partial charge in [-0.1, -0.05) is 18.2 Å². The maximum atomic E-state index is 13.3. The molecule has 1 heterocycles. The van der Waals surface area contributed by atoms with Gasteiger partial charge in [-0.15, -0.1) is 0 Å². The molecule has 1 aromatic heterocycles. The summed E-state index contributed by atoms with van der Waals surface area (Å²) in [6.45, 7) is -0.557. The highest BCUT2D eigenvalue weighted by atomic mass is 19.1. The van der Waals surface area contributed by atoms with Crippen LogP contribution < -0.4 is 14.8 Å². The van der Waals surface area contributed by atoms with Crippen molar-refractivity contribution in [3.8, 4) is 11.5 Å². The molecule has 0 saturated carbocycles. The van der Waals surface area contributed by atoms with Crippen LogP contribution in [0.3, 0.4) is 0 Å². The molecule has 0 aliphatic carbocycles. The van der Waals surface area contributed by atoms with E-state index in [0.29, 0.717) is 5.75 Å². The first-order chi connectivity index (χ1) is 17.9. The minimum atomic E-state index is -1.11. The summed E-state index contributed by atoms with van der Waals surface area (Å²) < 4.78 is 29.0. The van der Waals surface area contributed by atoms with E-state index < -0.39 is 36.1 Å². The van der Waals surface area contributed by atoms with Crippen LogP contribution in [0.5, 0.6) is 11.5 Å². The summed E-state index contributed by atoms with van der Waals surface area (Å²) in [4.78, 5) is 41.9. The van der Waals surface area contributed by atoms with Crippen LogP contribution in [0, 0.1) is 5.82 Å². The lowest BCUT2D eigenvalue weighted by Crippen LogP contribution is -2.43. The second-order valence-corrected chi connectivity index (χ2v) is 8.19. The number of H-pyrrole nitrogens is 1. The van der Waals surface area contributed by atoms with Crippen LogP contribution in [-0.4, -0.2) is 49.5 Å². The fraction of sp³-hybridized carbons (Fsp3) is 0.179. The molecular weight excluding hydrogens is 479 g/mol. The van der Waals surface area contributed by atoms with Gasteiger partial charge in [-0.2, -0.15) is 0 Å². The van der Waals surface area contributed by atoms with Gasteiger partial charge in [0.2, 0.25) is 5.78 Å². The van der Waals surface area contributed by atoms with Crippen LogP contribution in [0.2, 0.25) is 0 Å². The summed E-state index contributed by atoms with van der Waals surface area (Å²) in [5.74, 6) is -1.55. The van der Waals surface area contributed by atoms with Crippen LogP contribution in [0.25, 0.3) is 10.9 Å². The number of para-hydroxylation sites is 1. The Morgan fingerprint density at radius 2 is 1.73 bits per heavy atom. The molecule has 1 unspecified atom stereocenters. The Labute approximate surface area is 212 Å². The molecule has 0 saturated heterocycles. The summed E-state index contributed by atoms with van der Waals surface area (Å²) >= 11 is 0. The van der Waals surface area contributed by atoms with Crippen molar-refractivity contribution in [2.75, 3.05) is 20.8 Å². The van der Waals surface area contributed by atoms with E-state index in [-0.39, 0.29) is 23.3 Å². The molecule has 0 spiro atoms. The quantitative estimate of drug-likeness (QED) is 0.249. The Balaban J connectivity index is 1.52. The summed E-state index contributed by atoms with van der Waals surface area (Å²) in [6, 6.07) is 16.0. The first kappa shape index (κ1) is 25.4. The predicted molar refractivity (Wildman–Crippen MR) is 134 cm³/mol. The number of nitrogens with one attached hydrogen (secondary N) is 2. The number of carbonyl (C=O) groups excluding carboxylic acids is 3. The number of hydrogen-bond donors (Lipinski definition) is 2. The van der Waals surface area contributed by atoms with Crippen molar-refractivity contribution >= 4 is 28.6 Å². The predicted octanol–water partition coefficient (Wildman–Crippen LogP) is 4.09. The van der Waals surface area contributed by atoms with Gasteiger partial charge >= 0.3 is 5.97 Å². The molecule has 4 rings (SSSR count). The summed E-state index contributed by atoms with van der Waals surface area (Å²) in [7, 11) is 2.91. The van der Waals surface area contributed by atoms with E-state index in [1.54, 1.807) is 18.3 Å². The van der Waals surface area contributed by atoms with Gasteiger partial charge in [-0.05, 0) is 48.0 Å². The largest absolute Gasteiger partial charge is 0.497 e. The number of carbonyl (C=O) groups is 3. The number of halogens is 1. The SMILES string of the molecule is COc1ccc(C(=O)COC(=O)C(Cc2c[nH]c3ccccc23)NC(=O)c2ccc(F)cc2)c(OC)c1. The standard InChI is InChI=1S/C28H25FN2O6/c1-35-20-11-12-22(26(14-20)36-2)25(32)16-37-28(34)24(31-27(33)17-7-9-19(29)10-8-17)13-18-15-30-23-6-4-3-5-21(18)23/h3-12,14-15,24,30H,13,16H2,1-2H3,(H,31,33). The zero-order valence-electron chi connectivity index (χ0n) is 20.2. The van der Waals surface area contributed by atoms with Crippen molar-refractivity contribution in [3.63, 3.8) is 0 Å². The molecule has 190 valence electrons. The number of ether oxygens (including phenoxy) is 3. The van der Waals surface area contributed by atoms with E-state index in [2.05, 4.69) is 10.3 Å². The van der Waals surface area contributed by atoms with Crippen molar-refractivity contribution in [1.82, 2.24) is 10.3 Å². The van der Waals surface area contributed by atoms with Crippen molar-refractivity contribution in [3.05, 3.63) is 95.4 Å². The lowest BCUT2D eigenvalue weighted by atomic mass is 10.0. The van der Waals surface area contributed by atoms with Crippen LogP contribution in [0.4, 0.5) is 4.39 Å². The number of benzene rings is 3. The summed E-state index contributed by atoms with van der Waals surface area (Å²) in [5.41, 5.74) is 2.05. The number of ketones is 1. The smallest absolute Gasteiger partial charge is 0.329 e. The molecule has 0 aliphatic heterocycles. The van der Waals surface area contributed by atoms with Gasteiger partial charge in [0.05, 0.1) is 19.8 Å². The highest BCUT2D eigenvalue weighted by Crippen LogP contribution is 2.25. The van der Waals surface area contributed by atoms with Gasteiger partial charge in [-0.25, -0.2) is 9.18 Å². The highest BCUT2D eigenvalue weighted by Gasteiger charge is 2.26. The topological polar surface area (TPSA) is 107 Å². The van der Waals surface area contributed by atoms with Gasteiger partial charge in [0.1, 0.15) is 23.4 Å². The van der Waals surface area contributed by atoms with E-state index in [1.165, 1.54) is 32.4 Å². The number of fused-ring (bicyclic) bond motifs is 1. The lowest BCUT2D eigenvalue weighted by Gasteiger charge is -2.18. The number of rotatable bonds is 10. The Bertz CT molecular complexity index is 1430. The molecule has 8 nitrogen and oxygen atoms in total. The molecule has 37 heavy (non-hydrogen) atoms. The maximum absolute atomic E-state index is 13.3.